The van der Waals surface area contributed by atoms with Gasteiger partial charge in [-0.05, 0) is 79.9 Å². The maximum atomic E-state index is 13.4. The normalized spacial score (nSPS) is 12.0. The third-order valence-electron chi connectivity index (χ3n) is 5.21. The van der Waals surface area contributed by atoms with E-state index in [-0.39, 0.29) is 5.56 Å². The number of hydrogen-bond acceptors (Lipinski definition) is 4. The van der Waals surface area contributed by atoms with Crippen molar-refractivity contribution in [1.82, 2.24) is 9.66 Å². The van der Waals surface area contributed by atoms with Gasteiger partial charge < -0.3 is 4.74 Å². The van der Waals surface area contributed by atoms with Crippen LogP contribution in [0.1, 0.15) is 37.7 Å². The van der Waals surface area contributed by atoms with Gasteiger partial charge in [0.1, 0.15) is 18.2 Å². The van der Waals surface area contributed by atoms with Crippen LogP contribution in [0.5, 0.6) is 5.75 Å². The molecule has 0 spiro atoms. The number of rotatable bonds is 5. The van der Waals surface area contributed by atoms with Crippen LogP contribution in [0.2, 0.25) is 0 Å². The Labute approximate surface area is 251 Å². The van der Waals surface area contributed by atoms with Crippen molar-refractivity contribution in [1.29, 1.82) is 0 Å². The molecule has 3 aromatic carbocycles. The quantitative estimate of drug-likeness (QED) is 0.190. The Balaban J connectivity index is 1.68. The van der Waals surface area contributed by atoms with E-state index in [0.717, 1.165) is 33.5 Å². The zero-order chi connectivity index (χ0) is 26.2. The smallest absolute Gasteiger partial charge is 0.282 e. The van der Waals surface area contributed by atoms with Crippen LogP contribution in [0.3, 0.4) is 0 Å². The minimum Gasteiger partial charge on any atom is -0.486 e. The lowest BCUT2D eigenvalue weighted by Crippen LogP contribution is -2.29. The van der Waals surface area contributed by atoms with E-state index >= 15 is 0 Å². The molecule has 10 heteroatoms. The molecule has 0 unspecified atom stereocenters. The van der Waals surface area contributed by atoms with Gasteiger partial charge in [0.2, 0.25) is 0 Å². The van der Waals surface area contributed by atoms with Gasteiger partial charge in [0.05, 0.1) is 26.1 Å². The lowest BCUT2D eigenvalue weighted by atomic mass is 9.95. The van der Waals surface area contributed by atoms with Gasteiger partial charge in [-0.25, -0.2) is 4.98 Å². The van der Waals surface area contributed by atoms with Crippen molar-refractivity contribution >= 4 is 96.8 Å². The molecule has 0 aliphatic heterocycles. The fourth-order valence-corrected chi connectivity index (χ4v) is 6.42. The van der Waals surface area contributed by atoms with Crippen LogP contribution in [0, 0.1) is 0 Å². The highest BCUT2D eigenvalue weighted by Crippen LogP contribution is 2.36. The van der Waals surface area contributed by atoms with Gasteiger partial charge in [0.15, 0.2) is 0 Å². The first kappa shape index (κ1) is 27.7. The first-order valence-corrected chi connectivity index (χ1v) is 14.7. The SMILES string of the molecule is CC(C)(C)c1nc2ccc(Br)cc2c(=O)n1N=Cc1cc(Br)c(OCc2ccc(Br)cc2Br)c(Br)c1. The van der Waals surface area contributed by atoms with Gasteiger partial charge in [-0.1, -0.05) is 74.6 Å². The summed E-state index contributed by atoms with van der Waals surface area (Å²) in [4.78, 5) is 18.1. The summed E-state index contributed by atoms with van der Waals surface area (Å²) in [6, 6.07) is 15.2. The predicted molar refractivity (Wildman–Crippen MR) is 163 cm³/mol. The van der Waals surface area contributed by atoms with Crippen LogP contribution in [0.4, 0.5) is 0 Å². The Morgan fingerprint density at radius 2 is 1.56 bits per heavy atom. The third kappa shape index (κ3) is 6.20. The van der Waals surface area contributed by atoms with Crippen LogP contribution >= 0.6 is 79.6 Å². The molecular weight excluding hydrogens is 786 g/mol. The Hall–Kier alpha value is -1.33. The van der Waals surface area contributed by atoms with E-state index < -0.39 is 5.41 Å². The monoisotopic (exact) mass is 801 g/mol. The molecule has 4 rings (SSSR count). The van der Waals surface area contributed by atoms with E-state index in [1.807, 2.05) is 63.2 Å². The van der Waals surface area contributed by atoms with Crippen LogP contribution in [0.25, 0.3) is 10.9 Å². The van der Waals surface area contributed by atoms with E-state index in [2.05, 4.69) is 84.8 Å². The second-order valence-electron chi connectivity index (χ2n) is 9.05. The van der Waals surface area contributed by atoms with Gasteiger partial charge in [-0.2, -0.15) is 9.78 Å². The van der Waals surface area contributed by atoms with Crippen LogP contribution in [-0.4, -0.2) is 15.9 Å². The van der Waals surface area contributed by atoms with E-state index in [1.54, 1.807) is 12.3 Å². The van der Waals surface area contributed by atoms with Crippen molar-refractivity contribution < 1.29 is 4.74 Å². The van der Waals surface area contributed by atoms with Crippen molar-refractivity contribution in [3.63, 3.8) is 0 Å². The summed E-state index contributed by atoms with van der Waals surface area (Å²) in [5, 5.41) is 5.06. The fraction of sp³-hybridized carbons (Fsp3) is 0.192. The molecular formula is C26H20Br5N3O2. The average Bonchev–Trinajstić information content (AvgIpc) is 2.78. The average molecular weight is 806 g/mol. The summed E-state index contributed by atoms with van der Waals surface area (Å²) in [7, 11) is 0. The Bertz CT molecular complexity index is 1540. The lowest BCUT2D eigenvalue weighted by Gasteiger charge is -2.21. The molecule has 4 aromatic rings. The molecule has 186 valence electrons. The highest BCUT2D eigenvalue weighted by atomic mass is 79.9. The van der Waals surface area contributed by atoms with Crippen LogP contribution in [-0.2, 0) is 12.0 Å². The molecule has 0 amide bonds. The molecule has 0 saturated heterocycles. The number of benzene rings is 3. The summed E-state index contributed by atoms with van der Waals surface area (Å²) in [6.45, 7) is 6.42. The van der Waals surface area contributed by atoms with Crippen LogP contribution < -0.4 is 10.3 Å². The number of fused-ring (bicyclic) bond motifs is 1. The van der Waals surface area contributed by atoms with Crippen molar-refractivity contribution in [3.8, 4) is 5.75 Å². The molecule has 0 N–H and O–H groups in total. The standard InChI is InChI=1S/C26H20Br5N3O2/c1-26(2,3)25-33-22-7-6-16(27)10-18(22)24(35)34(25)32-12-14-8-20(30)23(21(31)9-14)36-13-15-4-5-17(28)11-19(15)29/h4-12H,13H2,1-3H3. The fourth-order valence-electron chi connectivity index (χ4n) is 3.45. The molecule has 0 atom stereocenters. The van der Waals surface area contributed by atoms with Crippen LogP contribution in [0.15, 0.2) is 80.8 Å². The second-order valence-corrected chi connectivity index (χ2v) is 13.4. The Morgan fingerprint density at radius 3 is 2.19 bits per heavy atom. The number of aromatic nitrogens is 2. The highest BCUT2D eigenvalue weighted by Gasteiger charge is 2.23. The largest absolute Gasteiger partial charge is 0.486 e. The minimum absolute atomic E-state index is 0.222. The molecule has 1 heterocycles. The molecule has 0 radical (unpaired) electrons. The maximum Gasteiger partial charge on any atom is 0.282 e. The van der Waals surface area contributed by atoms with E-state index in [9.17, 15) is 4.79 Å². The second kappa shape index (κ2) is 11.2. The number of halogens is 5. The van der Waals surface area contributed by atoms with Crippen molar-refractivity contribution in [2.24, 2.45) is 5.10 Å². The molecule has 5 nitrogen and oxygen atoms in total. The molecule has 0 bridgehead atoms. The molecule has 0 aliphatic carbocycles. The van der Waals surface area contributed by atoms with Crippen molar-refractivity contribution in [2.45, 2.75) is 32.8 Å². The van der Waals surface area contributed by atoms with Gasteiger partial charge in [-0.3, -0.25) is 4.79 Å². The first-order chi connectivity index (χ1) is 16.9. The summed E-state index contributed by atoms with van der Waals surface area (Å²) in [6.07, 6.45) is 1.65. The number of hydrogen-bond donors (Lipinski definition) is 0. The lowest BCUT2D eigenvalue weighted by molar-refractivity contribution is 0.301. The maximum absolute atomic E-state index is 13.4. The van der Waals surface area contributed by atoms with Gasteiger partial charge in [0, 0.05) is 24.4 Å². The summed E-state index contributed by atoms with van der Waals surface area (Å²) in [5.74, 6) is 1.25. The van der Waals surface area contributed by atoms with Gasteiger partial charge in [-0.15, -0.1) is 0 Å². The highest BCUT2D eigenvalue weighted by molar-refractivity contribution is 9.11. The topological polar surface area (TPSA) is 56.5 Å². The van der Waals surface area contributed by atoms with Gasteiger partial charge in [0.25, 0.3) is 5.56 Å². The minimum atomic E-state index is -0.391. The van der Waals surface area contributed by atoms with E-state index in [0.29, 0.717) is 29.1 Å². The summed E-state index contributed by atoms with van der Waals surface area (Å²) in [5.41, 5.74) is 1.83. The summed E-state index contributed by atoms with van der Waals surface area (Å²) >= 11 is 17.7. The Kier molecular flexibility index (Phi) is 8.61. The molecule has 0 fully saturated rings. The van der Waals surface area contributed by atoms with E-state index in [4.69, 9.17) is 9.72 Å². The zero-order valence-corrected chi connectivity index (χ0v) is 27.4. The number of ether oxygens (including phenoxy) is 1. The third-order valence-corrected chi connectivity index (χ3v) is 8.11. The zero-order valence-electron chi connectivity index (χ0n) is 19.5. The van der Waals surface area contributed by atoms with Crippen molar-refractivity contribution in [2.75, 3.05) is 0 Å². The predicted octanol–water partition coefficient (Wildman–Crippen LogP) is 8.97. The van der Waals surface area contributed by atoms with Crippen molar-refractivity contribution in [3.05, 3.63) is 98.2 Å². The molecule has 0 saturated carbocycles. The number of nitrogens with zero attached hydrogens (tertiary/aromatic N) is 3. The summed E-state index contributed by atoms with van der Waals surface area (Å²) < 4.78 is 11.7. The first-order valence-electron chi connectivity index (χ1n) is 10.8. The van der Waals surface area contributed by atoms with Gasteiger partial charge >= 0.3 is 0 Å². The Morgan fingerprint density at radius 1 is 0.917 bits per heavy atom. The molecule has 36 heavy (non-hydrogen) atoms. The molecule has 0 aliphatic rings. The van der Waals surface area contributed by atoms with E-state index in [1.165, 1.54) is 4.68 Å². The molecule has 1 aromatic heterocycles.